The molecule has 0 spiro atoms. The summed E-state index contributed by atoms with van der Waals surface area (Å²) in [6.07, 6.45) is 79.2. The Morgan fingerprint density at radius 2 is 0.644 bits per heavy atom. The van der Waals surface area contributed by atoms with E-state index in [2.05, 4.69) is 43.5 Å². The summed E-state index contributed by atoms with van der Waals surface area (Å²) in [6.45, 7) is 4.90. The number of hydrogen-bond acceptors (Lipinski definition) is 5. The Kier molecular flexibility index (Phi) is 61.0. The minimum absolute atomic E-state index is 0.00538. The molecule has 0 aliphatic carbocycles. The number of carbonyl (C=O) groups excluding carboxylic acids is 2. The monoisotopic (exact) mass is 1030 g/mol. The second-order valence-electron chi connectivity index (χ2n) is 22.4. The van der Waals surface area contributed by atoms with Crippen LogP contribution >= 0.6 is 0 Å². The van der Waals surface area contributed by atoms with Crippen LogP contribution < -0.4 is 5.32 Å². The molecule has 0 saturated heterocycles. The summed E-state index contributed by atoms with van der Waals surface area (Å²) >= 11 is 0. The van der Waals surface area contributed by atoms with Crippen LogP contribution in [0.25, 0.3) is 0 Å². The molecule has 2 atom stereocenters. The lowest BCUT2D eigenvalue weighted by molar-refractivity contribution is -0.143. The van der Waals surface area contributed by atoms with Crippen LogP contribution in [0, 0.1) is 0 Å². The van der Waals surface area contributed by atoms with E-state index in [1.807, 2.05) is 6.08 Å². The van der Waals surface area contributed by atoms with Gasteiger partial charge >= 0.3 is 5.97 Å². The van der Waals surface area contributed by atoms with Gasteiger partial charge in [-0.15, -0.1) is 0 Å². The zero-order valence-electron chi connectivity index (χ0n) is 49.1. The molecule has 0 aromatic rings. The molecule has 0 rings (SSSR count). The Bertz CT molecular complexity index is 1180. The largest absolute Gasteiger partial charge is 0.466 e. The zero-order chi connectivity index (χ0) is 52.9. The maximum absolute atomic E-state index is 12.5. The first kappa shape index (κ1) is 71.1. The fraction of sp³-hybridized carbons (Fsp3) is 0.881. The fourth-order valence-electron chi connectivity index (χ4n) is 10.1. The summed E-state index contributed by atoms with van der Waals surface area (Å²) in [5, 5.41) is 23.2. The lowest BCUT2D eigenvalue weighted by Gasteiger charge is -2.20. The highest BCUT2D eigenvalue weighted by Gasteiger charge is 2.18. The van der Waals surface area contributed by atoms with Gasteiger partial charge in [-0.05, 0) is 83.5 Å². The number of rotatable bonds is 61. The van der Waals surface area contributed by atoms with Crippen molar-refractivity contribution in [1.29, 1.82) is 0 Å². The smallest absolute Gasteiger partial charge is 0.305 e. The van der Waals surface area contributed by atoms with Gasteiger partial charge in [0.05, 0.1) is 25.4 Å². The Balaban J connectivity index is 3.40. The molecule has 430 valence electrons. The van der Waals surface area contributed by atoms with Gasteiger partial charge < -0.3 is 20.3 Å². The molecule has 0 aromatic carbocycles. The topological polar surface area (TPSA) is 95.9 Å². The number of allylic oxidation sites excluding steroid dienone is 5. The van der Waals surface area contributed by atoms with Crippen molar-refractivity contribution < 1.29 is 24.5 Å². The molecule has 0 aliphatic heterocycles. The minimum Gasteiger partial charge on any atom is -0.466 e. The molecular weight excluding hydrogens is 899 g/mol. The Morgan fingerprint density at radius 1 is 0.370 bits per heavy atom. The normalized spacial score (nSPS) is 12.8. The van der Waals surface area contributed by atoms with Gasteiger partial charge in [-0.25, -0.2) is 0 Å². The van der Waals surface area contributed by atoms with Crippen molar-refractivity contribution in [3.63, 3.8) is 0 Å². The van der Waals surface area contributed by atoms with Crippen molar-refractivity contribution in [3.05, 3.63) is 36.5 Å². The number of ether oxygens (including phenoxy) is 1. The van der Waals surface area contributed by atoms with Crippen LogP contribution in [0.5, 0.6) is 0 Å². The van der Waals surface area contributed by atoms with E-state index in [9.17, 15) is 19.8 Å². The third-order valence-corrected chi connectivity index (χ3v) is 15.1. The van der Waals surface area contributed by atoms with Crippen molar-refractivity contribution in [2.24, 2.45) is 0 Å². The number of carbonyl (C=O) groups is 2. The van der Waals surface area contributed by atoms with Gasteiger partial charge in [-0.1, -0.05) is 294 Å². The SMILES string of the molecule is CCCCC/C=C\CCCCCCCC(=O)OCCCCCCCCCCCCCC/C=C\CCCCCCCCCCCCCCC(=O)NC(CO)C(O)/C=C/CCCCCCCCCCCCCCCC. The molecule has 1 amide bonds. The first-order chi connectivity index (χ1) is 36.0. The van der Waals surface area contributed by atoms with E-state index in [-0.39, 0.29) is 18.5 Å². The number of esters is 1. The van der Waals surface area contributed by atoms with Crippen LogP contribution in [0.15, 0.2) is 36.5 Å². The van der Waals surface area contributed by atoms with E-state index in [1.165, 1.54) is 283 Å². The maximum atomic E-state index is 12.5. The second kappa shape index (κ2) is 62.6. The fourth-order valence-corrected chi connectivity index (χ4v) is 10.1. The zero-order valence-corrected chi connectivity index (χ0v) is 49.1. The molecule has 2 unspecified atom stereocenters. The van der Waals surface area contributed by atoms with E-state index in [0.29, 0.717) is 19.4 Å². The molecule has 0 radical (unpaired) electrons. The highest BCUT2D eigenvalue weighted by atomic mass is 16.5. The Hall–Kier alpha value is -1.92. The maximum Gasteiger partial charge on any atom is 0.305 e. The molecule has 0 saturated carbocycles. The van der Waals surface area contributed by atoms with Crippen LogP contribution in [-0.2, 0) is 14.3 Å². The average molecular weight is 1030 g/mol. The molecule has 0 bridgehead atoms. The predicted molar refractivity (Wildman–Crippen MR) is 319 cm³/mol. The first-order valence-electron chi connectivity index (χ1n) is 32.8. The van der Waals surface area contributed by atoms with Gasteiger partial charge in [-0.3, -0.25) is 9.59 Å². The van der Waals surface area contributed by atoms with Gasteiger partial charge in [0.1, 0.15) is 0 Å². The molecule has 0 aromatic heterocycles. The summed E-state index contributed by atoms with van der Waals surface area (Å²) < 4.78 is 5.47. The number of amides is 1. The van der Waals surface area contributed by atoms with Gasteiger partial charge in [0.2, 0.25) is 5.91 Å². The van der Waals surface area contributed by atoms with Crippen molar-refractivity contribution >= 4 is 11.9 Å². The molecule has 6 nitrogen and oxygen atoms in total. The number of aliphatic hydroxyl groups is 2. The van der Waals surface area contributed by atoms with E-state index in [4.69, 9.17) is 4.74 Å². The van der Waals surface area contributed by atoms with Crippen LogP contribution in [0.1, 0.15) is 354 Å². The van der Waals surface area contributed by atoms with Gasteiger partial charge in [0.25, 0.3) is 0 Å². The summed E-state index contributed by atoms with van der Waals surface area (Å²) in [4.78, 5) is 24.5. The molecule has 0 aliphatic rings. The Morgan fingerprint density at radius 3 is 1.00 bits per heavy atom. The number of hydrogen-bond donors (Lipinski definition) is 3. The molecule has 0 fully saturated rings. The summed E-state index contributed by atoms with van der Waals surface area (Å²) in [7, 11) is 0. The van der Waals surface area contributed by atoms with Crippen molar-refractivity contribution in [2.75, 3.05) is 13.2 Å². The van der Waals surface area contributed by atoms with Crippen LogP contribution in [0.3, 0.4) is 0 Å². The molecular formula is C67H127NO5. The van der Waals surface area contributed by atoms with E-state index in [1.54, 1.807) is 6.08 Å². The lowest BCUT2D eigenvalue weighted by atomic mass is 10.0. The van der Waals surface area contributed by atoms with E-state index >= 15 is 0 Å². The third kappa shape index (κ3) is 59.2. The standard InChI is InChI=1S/C67H127NO5/c1-3-5-7-9-11-13-15-17-18-33-36-39-43-47-51-55-59-65(70)64(63-69)68-66(71)60-56-52-48-44-40-37-34-31-29-27-25-23-21-19-20-22-24-26-28-30-32-35-38-42-46-50-54-58-62-73-67(72)61-57-53-49-45-41-16-14-12-10-8-6-4-2/h12,14,19-20,55,59,64-65,69-70H,3-11,13,15-18,21-54,56-58,60-63H2,1-2H3,(H,68,71)/b14-12-,20-19-,59-55+. The molecule has 73 heavy (non-hydrogen) atoms. The molecule has 6 heteroatoms. The Labute approximate surface area is 455 Å². The van der Waals surface area contributed by atoms with Crippen LogP contribution in [0.2, 0.25) is 0 Å². The number of unbranched alkanes of at least 4 members (excludes halogenated alkanes) is 46. The average Bonchev–Trinajstić information content (AvgIpc) is 3.39. The predicted octanol–water partition coefficient (Wildman–Crippen LogP) is 20.8. The summed E-state index contributed by atoms with van der Waals surface area (Å²) in [6, 6.07) is -0.628. The van der Waals surface area contributed by atoms with Gasteiger partial charge in [0.15, 0.2) is 0 Å². The van der Waals surface area contributed by atoms with Gasteiger partial charge in [-0.2, -0.15) is 0 Å². The summed E-state index contributed by atoms with van der Waals surface area (Å²) in [5.41, 5.74) is 0. The third-order valence-electron chi connectivity index (χ3n) is 15.1. The van der Waals surface area contributed by atoms with Crippen LogP contribution in [-0.4, -0.2) is 47.4 Å². The summed E-state index contributed by atoms with van der Waals surface area (Å²) in [5.74, 6) is -0.0607. The van der Waals surface area contributed by atoms with Crippen molar-refractivity contribution in [3.8, 4) is 0 Å². The lowest BCUT2D eigenvalue weighted by Crippen LogP contribution is -2.45. The highest BCUT2D eigenvalue weighted by Crippen LogP contribution is 2.17. The van der Waals surface area contributed by atoms with E-state index < -0.39 is 12.1 Å². The highest BCUT2D eigenvalue weighted by molar-refractivity contribution is 5.76. The van der Waals surface area contributed by atoms with Crippen molar-refractivity contribution in [2.45, 2.75) is 366 Å². The number of nitrogens with one attached hydrogen (secondary N) is 1. The van der Waals surface area contributed by atoms with Crippen LogP contribution in [0.4, 0.5) is 0 Å². The number of aliphatic hydroxyl groups excluding tert-OH is 2. The minimum atomic E-state index is -0.844. The van der Waals surface area contributed by atoms with E-state index in [0.717, 1.165) is 44.9 Å². The second-order valence-corrected chi connectivity index (χ2v) is 22.4. The quantitative estimate of drug-likeness (QED) is 0.0320. The van der Waals surface area contributed by atoms with Crippen molar-refractivity contribution in [1.82, 2.24) is 5.32 Å². The molecule has 0 heterocycles. The van der Waals surface area contributed by atoms with Gasteiger partial charge in [0, 0.05) is 12.8 Å². The first-order valence-corrected chi connectivity index (χ1v) is 32.8. The molecule has 3 N–H and O–H groups in total.